The molecular weight excluding hydrogens is 593 g/mol. The van der Waals surface area contributed by atoms with Crippen LogP contribution in [0, 0.1) is 5.92 Å². The Bertz CT molecular complexity index is 789. The first kappa shape index (κ1) is 53.1. The Hall–Kier alpha value is -1.65. The maximum atomic E-state index is 13.3. The number of allylic oxidation sites excluding steroid dienone is 3. The van der Waals surface area contributed by atoms with Gasteiger partial charge in [0.25, 0.3) is 0 Å². The third kappa shape index (κ3) is 35.7. The van der Waals surface area contributed by atoms with Gasteiger partial charge in [-0.2, -0.15) is 0 Å². The highest BCUT2D eigenvalue weighted by atomic mass is 19.1. The number of alkyl halides is 1. The van der Waals surface area contributed by atoms with Crippen molar-refractivity contribution in [1.82, 2.24) is 0 Å². The molecule has 3 unspecified atom stereocenters. The summed E-state index contributed by atoms with van der Waals surface area (Å²) in [6.07, 6.45) is 21.6. The lowest BCUT2D eigenvalue weighted by atomic mass is 10.0. The second-order valence-electron chi connectivity index (χ2n) is 12.9. The van der Waals surface area contributed by atoms with E-state index in [1.54, 1.807) is 14.0 Å². The number of hydrogen-bond acceptors (Lipinski definition) is 3. The summed E-state index contributed by atoms with van der Waals surface area (Å²) in [5.74, 6) is 0.955. The van der Waals surface area contributed by atoms with Crippen LogP contribution in [0.3, 0.4) is 0 Å². The third-order valence-electron chi connectivity index (χ3n) is 8.04. The van der Waals surface area contributed by atoms with Gasteiger partial charge in [-0.15, -0.1) is 0 Å². The van der Waals surface area contributed by atoms with E-state index < -0.39 is 6.17 Å². The largest absolute Gasteiger partial charge is 0.381 e. The molecule has 0 spiro atoms. The van der Waals surface area contributed by atoms with E-state index in [0.29, 0.717) is 5.56 Å². The highest BCUT2D eigenvalue weighted by Gasteiger charge is 2.15. The van der Waals surface area contributed by atoms with Crippen molar-refractivity contribution in [3.63, 3.8) is 0 Å². The second-order valence-corrected chi connectivity index (χ2v) is 12.9. The molecule has 4 heteroatoms. The van der Waals surface area contributed by atoms with Gasteiger partial charge in [0.05, 0.1) is 6.10 Å². The zero-order chi connectivity index (χ0) is 37.6. The number of ether oxygens (including phenoxy) is 2. The lowest BCUT2D eigenvalue weighted by Crippen LogP contribution is -2.26. The molecule has 1 rings (SSSR count). The minimum Gasteiger partial charge on any atom is -0.381 e. The fraction of sp³-hybridized carbons (Fsp3) is 0.773. The van der Waals surface area contributed by atoms with Crippen LogP contribution in [0.2, 0.25) is 0 Å². The summed E-state index contributed by atoms with van der Waals surface area (Å²) < 4.78 is 24.1. The molecule has 0 saturated heterocycles. The highest BCUT2D eigenvalue weighted by molar-refractivity contribution is 5.54. The summed E-state index contributed by atoms with van der Waals surface area (Å²) in [5.41, 5.74) is 4.00. The minimum absolute atomic E-state index is 0.0232. The summed E-state index contributed by atoms with van der Waals surface area (Å²) in [4.78, 5) is 2.09. The molecule has 1 aromatic rings. The number of halogens is 1. The molecule has 0 N–H and O–H groups in total. The van der Waals surface area contributed by atoms with Gasteiger partial charge in [-0.3, -0.25) is 0 Å². The quantitative estimate of drug-likeness (QED) is 0.101. The maximum absolute atomic E-state index is 13.3. The van der Waals surface area contributed by atoms with Gasteiger partial charge < -0.3 is 14.4 Å². The lowest BCUT2D eigenvalue weighted by molar-refractivity contribution is 0.131. The van der Waals surface area contributed by atoms with Gasteiger partial charge in [0.1, 0.15) is 6.17 Å². The van der Waals surface area contributed by atoms with Crippen molar-refractivity contribution in [3.05, 3.63) is 53.3 Å². The first-order chi connectivity index (χ1) is 23.0. The van der Waals surface area contributed by atoms with Crippen molar-refractivity contribution in [2.24, 2.45) is 5.92 Å². The van der Waals surface area contributed by atoms with Crippen molar-refractivity contribution in [2.75, 3.05) is 32.3 Å². The fourth-order valence-electron chi connectivity index (χ4n) is 3.98. The van der Waals surface area contributed by atoms with E-state index in [0.717, 1.165) is 43.4 Å². The average molecular weight is 680 g/mol. The van der Waals surface area contributed by atoms with Crippen LogP contribution in [0.25, 0.3) is 0 Å². The predicted octanol–water partition coefficient (Wildman–Crippen LogP) is 15.3. The molecule has 0 radical (unpaired) electrons. The summed E-state index contributed by atoms with van der Waals surface area (Å²) in [5, 5.41) is 0. The van der Waals surface area contributed by atoms with Gasteiger partial charge >= 0.3 is 0 Å². The number of likely N-dealkylation sites (N-methyl/N-ethyl adjacent to an activating group) is 1. The zero-order valence-electron chi connectivity index (χ0n) is 35.2. The van der Waals surface area contributed by atoms with Crippen LogP contribution < -0.4 is 4.90 Å². The third-order valence-corrected chi connectivity index (χ3v) is 8.04. The second kappa shape index (κ2) is 41.5. The van der Waals surface area contributed by atoms with Crippen molar-refractivity contribution in [3.8, 4) is 0 Å². The number of unbranched alkanes of at least 4 members (excludes halogenated alkanes) is 6. The molecule has 3 nitrogen and oxygen atoms in total. The van der Waals surface area contributed by atoms with Crippen molar-refractivity contribution >= 4 is 5.69 Å². The van der Waals surface area contributed by atoms with Crippen LogP contribution >= 0.6 is 0 Å². The number of nitrogens with zero attached hydrogens (tertiary/aromatic N) is 1. The number of anilines is 1. The van der Waals surface area contributed by atoms with Gasteiger partial charge in [0.15, 0.2) is 0 Å². The lowest BCUT2D eigenvalue weighted by Gasteiger charge is -2.27. The van der Waals surface area contributed by atoms with Crippen molar-refractivity contribution in [2.45, 2.75) is 192 Å². The van der Waals surface area contributed by atoms with Crippen molar-refractivity contribution in [1.29, 1.82) is 0 Å². The van der Waals surface area contributed by atoms with Gasteiger partial charge in [0, 0.05) is 38.8 Å². The smallest absolute Gasteiger partial charge is 0.122 e. The number of methoxy groups -OCH3 is 1. The summed E-state index contributed by atoms with van der Waals surface area (Å²) in [6.45, 7) is 29.6. The Kier molecular flexibility index (Phi) is 46.0. The van der Waals surface area contributed by atoms with E-state index in [1.165, 1.54) is 82.6 Å². The summed E-state index contributed by atoms with van der Waals surface area (Å²) >= 11 is 0. The molecule has 0 saturated carbocycles. The van der Waals surface area contributed by atoms with E-state index in [1.807, 2.05) is 38.2 Å². The summed E-state index contributed by atoms with van der Waals surface area (Å²) in [6, 6.07) is 7.56. The molecule has 0 heterocycles. The van der Waals surface area contributed by atoms with Crippen LogP contribution in [0.5, 0.6) is 0 Å². The average Bonchev–Trinajstić information content (AvgIpc) is 3.10. The monoisotopic (exact) mass is 680 g/mol. The van der Waals surface area contributed by atoms with Crippen LogP contribution in [0.4, 0.5) is 10.1 Å². The topological polar surface area (TPSA) is 21.7 Å². The van der Waals surface area contributed by atoms with Crippen LogP contribution in [0.15, 0.2) is 47.7 Å². The predicted molar refractivity (Wildman–Crippen MR) is 218 cm³/mol. The van der Waals surface area contributed by atoms with Crippen LogP contribution in [-0.4, -0.2) is 33.5 Å². The van der Waals surface area contributed by atoms with E-state index in [4.69, 9.17) is 9.47 Å². The molecule has 3 atom stereocenters. The number of rotatable bonds is 20. The Balaban J connectivity index is -0.000000306. The first-order valence-electron chi connectivity index (χ1n) is 19.9. The van der Waals surface area contributed by atoms with Crippen LogP contribution in [0.1, 0.15) is 192 Å². The Morgan fingerprint density at radius 3 is 1.65 bits per heavy atom. The molecule has 1 aromatic carbocycles. The van der Waals surface area contributed by atoms with Gasteiger partial charge in [0.2, 0.25) is 0 Å². The Morgan fingerprint density at radius 2 is 1.25 bits per heavy atom. The molecule has 0 aliphatic carbocycles. The van der Waals surface area contributed by atoms with Gasteiger partial charge in [-0.25, -0.2) is 4.39 Å². The minimum atomic E-state index is -0.943. The highest BCUT2D eigenvalue weighted by Crippen LogP contribution is 2.25. The Morgan fingerprint density at radius 1 is 0.729 bits per heavy atom. The van der Waals surface area contributed by atoms with E-state index in [-0.39, 0.29) is 6.10 Å². The molecule has 0 aliphatic rings. The molecule has 286 valence electrons. The molecule has 0 aliphatic heterocycles. The van der Waals surface area contributed by atoms with Gasteiger partial charge in [-0.05, 0) is 69.7 Å². The molecule has 0 aromatic heterocycles. The normalized spacial score (nSPS) is 12.8. The standard InChI is InChI=1S/C19H28FNO.C9H20.C8H18O.2C4H10/c1-7-8-14(2)13-19(16(4)22-6)21(5)18-11-9-17(10-12-18)15(3)20;1-4-6-7-8-9(3)5-2;1-3-5-6-8-9-7-4-2;2*1-3-4-2/h8-13,15-16H,7H2,1-6H3;9H,4-8H2,1-3H3;3-8H2,1-2H3;2*3-4H2,1-2H3/b14-8-,19-13-;;;;. The molecular formula is C44H86FNO2. The van der Waals surface area contributed by atoms with E-state index in [2.05, 4.69) is 93.2 Å². The van der Waals surface area contributed by atoms with Crippen molar-refractivity contribution < 1.29 is 13.9 Å². The molecule has 0 amide bonds. The SMILES string of the molecule is CC/C=C(C)\C=C(\C(C)OC)N(C)c1ccc(C(C)F)cc1.CCCC.CCCC.CCCCCC(C)CC.CCCCCOCCC. The molecule has 48 heavy (non-hydrogen) atoms. The molecule has 0 fully saturated rings. The Labute approximate surface area is 302 Å². The maximum Gasteiger partial charge on any atom is 0.122 e. The molecule has 0 bridgehead atoms. The fourth-order valence-corrected chi connectivity index (χ4v) is 3.98. The first-order valence-corrected chi connectivity index (χ1v) is 19.9. The summed E-state index contributed by atoms with van der Waals surface area (Å²) in [7, 11) is 3.72. The van der Waals surface area contributed by atoms with E-state index in [9.17, 15) is 4.39 Å². The van der Waals surface area contributed by atoms with Crippen LogP contribution in [-0.2, 0) is 9.47 Å². The number of hydrogen-bond donors (Lipinski definition) is 0. The number of benzene rings is 1. The van der Waals surface area contributed by atoms with Gasteiger partial charge in [-0.1, -0.05) is 164 Å². The zero-order valence-corrected chi connectivity index (χ0v) is 35.2. The van der Waals surface area contributed by atoms with E-state index >= 15 is 0 Å².